The van der Waals surface area contributed by atoms with Crippen LogP contribution in [0.1, 0.15) is 44.6 Å². The zero-order chi connectivity index (χ0) is 20.9. The fourth-order valence-corrected chi connectivity index (χ4v) is 5.54. The van der Waals surface area contributed by atoms with Crippen molar-refractivity contribution < 1.29 is 4.79 Å². The molecule has 5 nitrogen and oxygen atoms in total. The highest BCUT2D eigenvalue weighted by atomic mass is 32.1. The first kappa shape index (κ1) is 20.8. The number of urea groups is 1. The summed E-state index contributed by atoms with van der Waals surface area (Å²) in [6.45, 7) is 3.98. The van der Waals surface area contributed by atoms with Gasteiger partial charge in [-0.15, -0.1) is 11.3 Å². The molecule has 1 aliphatic rings. The predicted molar refractivity (Wildman–Crippen MR) is 125 cm³/mol. The Morgan fingerprint density at radius 1 is 1.23 bits per heavy atom. The second-order valence-electron chi connectivity index (χ2n) is 8.29. The molecule has 1 aliphatic carbocycles. The van der Waals surface area contributed by atoms with Crippen molar-refractivity contribution in [1.82, 2.24) is 10.3 Å². The van der Waals surface area contributed by atoms with Crippen LogP contribution in [0.2, 0.25) is 0 Å². The number of fused-ring (bicyclic) bond motifs is 1. The van der Waals surface area contributed by atoms with Crippen LogP contribution < -0.4 is 16.0 Å². The minimum Gasteiger partial charge on any atom is -0.351 e. The van der Waals surface area contributed by atoms with Crippen LogP contribution in [0.4, 0.5) is 15.6 Å². The van der Waals surface area contributed by atoms with Crippen LogP contribution in [-0.2, 0) is 6.54 Å². The van der Waals surface area contributed by atoms with Crippen molar-refractivity contribution in [2.24, 2.45) is 17.6 Å². The first-order valence-corrected chi connectivity index (χ1v) is 11.7. The van der Waals surface area contributed by atoms with E-state index in [0.717, 1.165) is 33.1 Å². The van der Waals surface area contributed by atoms with Gasteiger partial charge in [0.25, 0.3) is 0 Å². The summed E-state index contributed by atoms with van der Waals surface area (Å²) in [5.41, 5.74) is 6.78. The molecule has 2 amide bonds. The van der Waals surface area contributed by atoms with E-state index in [1.807, 2.05) is 36.4 Å². The Kier molecular flexibility index (Phi) is 6.65. The third kappa shape index (κ3) is 4.65. The molecule has 30 heavy (non-hydrogen) atoms. The number of hydrogen-bond donors (Lipinski definition) is 2. The number of hydrogen-bond acceptors (Lipinski definition) is 4. The Balaban J connectivity index is 1.51. The molecular weight excluding hydrogens is 392 g/mol. The molecule has 6 heteroatoms. The molecule has 3 aromatic rings. The molecule has 0 bridgehead atoms. The van der Waals surface area contributed by atoms with Crippen molar-refractivity contribution in [2.75, 3.05) is 11.4 Å². The number of pyridine rings is 1. The van der Waals surface area contributed by atoms with Gasteiger partial charge in [0.15, 0.2) is 0 Å². The fourth-order valence-electron chi connectivity index (χ4n) is 4.47. The van der Waals surface area contributed by atoms with E-state index in [-0.39, 0.29) is 0 Å². The van der Waals surface area contributed by atoms with Gasteiger partial charge in [0.1, 0.15) is 10.8 Å². The molecule has 1 aromatic carbocycles. The topological polar surface area (TPSA) is 71.2 Å². The van der Waals surface area contributed by atoms with Crippen LogP contribution in [-0.4, -0.2) is 17.6 Å². The molecular formula is C24H30N4OS. The molecule has 0 aliphatic heterocycles. The van der Waals surface area contributed by atoms with E-state index >= 15 is 0 Å². The van der Waals surface area contributed by atoms with Gasteiger partial charge in [0.2, 0.25) is 0 Å². The highest BCUT2D eigenvalue weighted by Gasteiger charge is 2.23. The minimum atomic E-state index is -0.517. The first-order chi connectivity index (χ1) is 14.6. The Bertz CT molecular complexity index is 963. The van der Waals surface area contributed by atoms with Crippen molar-refractivity contribution in [3.63, 3.8) is 0 Å². The van der Waals surface area contributed by atoms with Crippen molar-refractivity contribution in [2.45, 2.75) is 45.6 Å². The molecule has 0 saturated heterocycles. The van der Waals surface area contributed by atoms with Crippen molar-refractivity contribution in [3.05, 3.63) is 54.2 Å². The van der Waals surface area contributed by atoms with E-state index in [1.165, 1.54) is 37.0 Å². The van der Waals surface area contributed by atoms with Gasteiger partial charge in [-0.2, -0.15) is 0 Å². The standard InChI is InChI=1S/C24H30N4OS/c1-17(18-8-3-2-4-9-18)15-26-16-20-11-7-13-27-23(20)28(24(25)29)22-14-19-10-5-6-12-21(19)30-22/h5-7,10-14,17-18,26H,2-4,8-9,15-16H2,1H3,(H2,25,29). The summed E-state index contributed by atoms with van der Waals surface area (Å²) in [5.74, 6) is 2.08. The average Bonchev–Trinajstić information content (AvgIpc) is 3.18. The van der Waals surface area contributed by atoms with Gasteiger partial charge in [0, 0.05) is 23.0 Å². The summed E-state index contributed by atoms with van der Waals surface area (Å²) in [6.07, 6.45) is 8.53. The van der Waals surface area contributed by atoms with Gasteiger partial charge in [-0.3, -0.25) is 0 Å². The fraction of sp³-hybridized carbons (Fsp3) is 0.417. The van der Waals surface area contributed by atoms with Gasteiger partial charge < -0.3 is 11.1 Å². The van der Waals surface area contributed by atoms with Gasteiger partial charge in [-0.25, -0.2) is 14.7 Å². The smallest absolute Gasteiger partial charge is 0.325 e. The molecule has 1 fully saturated rings. The molecule has 4 rings (SSSR count). The second kappa shape index (κ2) is 9.58. The number of amides is 2. The Morgan fingerprint density at radius 3 is 2.80 bits per heavy atom. The monoisotopic (exact) mass is 422 g/mol. The zero-order valence-corrected chi connectivity index (χ0v) is 18.3. The number of primary amides is 1. The van der Waals surface area contributed by atoms with E-state index < -0.39 is 6.03 Å². The number of nitrogens with two attached hydrogens (primary N) is 1. The van der Waals surface area contributed by atoms with Gasteiger partial charge in [0.05, 0.1) is 0 Å². The number of carbonyl (C=O) groups is 1. The summed E-state index contributed by atoms with van der Waals surface area (Å²) >= 11 is 1.55. The van der Waals surface area contributed by atoms with Crippen molar-refractivity contribution >= 4 is 38.3 Å². The lowest BCUT2D eigenvalue weighted by Gasteiger charge is -2.28. The van der Waals surface area contributed by atoms with E-state index in [0.29, 0.717) is 18.3 Å². The third-order valence-corrected chi connectivity index (χ3v) is 7.27. The number of anilines is 2. The van der Waals surface area contributed by atoms with Gasteiger partial charge in [-0.05, 0) is 42.0 Å². The van der Waals surface area contributed by atoms with E-state index in [2.05, 4.69) is 23.3 Å². The molecule has 158 valence electrons. The maximum Gasteiger partial charge on any atom is 0.325 e. The van der Waals surface area contributed by atoms with Crippen molar-refractivity contribution in [3.8, 4) is 0 Å². The summed E-state index contributed by atoms with van der Waals surface area (Å²) in [5, 5.41) is 5.48. The molecule has 1 saturated carbocycles. The highest BCUT2D eigenvalue weighted by Crippen LogP contribution is 2.36. The van der Waals surface area contributed by atoms with Crippen LogP contribution in [0, 0.1) is 11.8 Å². The summed E-state index contributed by atoms with van der Waals surface area (Å²) in [4.78, 5) is 18.5. The molecule has 0 radical (unpaired) electrons. The lowest BCUT2D eigenvalue weighted by molar-refractivity contribution is 0.255. The molecule has 2 aromatic heterocycles. The summed E-state index contributed by atoms with van der Waals surface area (Å²) in [6, 6.07) is 13.5. The molecule has 1 atom stereocenters. The highest BCUT2D eigenvalue weighted by molar-refractivity contribution is 7.23. The van der Waals surface area contributed by atoms with E-state index in [4.69, 9.17) is 5.73 Å². The quantitative estimate of drug-likeness (QED) is 0.504. The van der Waals surface area contributed by atoms with Crippen LogP contribution in [0.3, 0.4) is 0 Å². The molecule has 0 spiro atoms. The second-order valence-corrected chi connectivity index (χ2v) is 9.35. The van der Waals surface area contributed by atoms with Gasteiger partial charge >= 0.3 is 6.03 Å². The first-order valence-electron chi connectivity index (χ1n) is 10.9. The predicted octanol–water partition coefficient (Wildman–Crippen LogP) is 5.82. The molecule has 3 N–H and O–H groups in total. The summed E-state index contributed by atoms with van der Waals surface area (Å²) in [7, 11) is 0. The Morgan fingerprint density at radius 2 is 2.03 bits per heavy atom. The van der Waals surface area contributed by atoms with Crippen LogP contribution >= 0.6 is 11.3 Å². The SMILES string of the molecule is CC(CNCc1cccnc1N(C(N)=O)c1cc2ccccc2s1)C1CCCCC1. The van der Waals surface area contributed by atoms with Crippen LogP contribution in [0.15, 0.2) is 48.7 Å². The van der Waals surface area contributed by atoms with Crippen molar-refractivity contribution in [1.29, 1.82) is 0 Å². The average molecular weight is 423 g/mol. The van der Waals surface area contributed by atoms with Crippen LogP contribution in [0.25, 0.3) is 10.1 Å². The Hall–Kier alpha value is -2.44. The number of nitrogens with one attached hydrogen (secondary N) is 1. The van der Waals surface area contributed by atoms with Crippen LogP contribution in [0.5, 0.6) is 0 Å². The number of aromatic nitrogens is 1. The largest absolute Gasteiger partial charge is 0.351 e. The number of thiophene rings is 1. The van der Waals surface area contributed by atoms with E-state index in [9.17, 15) is 4.79 Å². The van der Waals surface area contributed by atoms with Gasteiger partial charge in [-0.1, -0.05) is 63.3 Å². The summed E-state index contributed by atoms with van der Waals surface area (Å²) < 4.78 is 1.12. The Labute approximate surface area is 182 Å². The molecule has 1 unspecified atom stereocenters. The third-order valence-electron chi connectivity index (χ3n) is 6.17. The normalized spacial score (nSPS) is 15.9. The lowest BCUT2D eigenvalue weighted by atomic mass is 9.81. The number of rotatable bonds is 7. The van der Waals surface area contributed by atoms with E-state index in [1.54, 1.807) is 17.5 Å². The maximum absolute atomic E-state index is 12.4. The number of nitrogens with zero attached hydrogens (tertiary/aromatic N) is 2. The zero-order valence-electron chi connectivity index (χ0n) is 17.5. The number of carbonyl (C=O) groups excluding carboxylic acids is 1. The number of benzene rings is 1. The molecule has 2 heterocycles. The maximum atomic E-state index is 12.4. The lowest BCUT2D eigenvalue weighted by Crippen LogP contribution is -2.33. The minimum absolute atomic E-state index is 0.517.